The van der Waals surface area contributed by atoms with E-state index in [0.717, 1.165) is 10.0 Å². The molecule has 0 saturated carbocycles. The van der Waals surface area contributed by atoms with Gasteiger partial charge in [0.1, 0.15) is 5.75 Å². The predicted molar refractivity (Wildman–Crippen MR) is 87.7 cm³/mol. The van der Waals surface area contributed by atoms with Crippen LogP contribution in [0, 0.1) is 6.92 Å². The standard InChI is InChI=1S/C14H15N3O3S2/c1-9-7-21-14(15-9)22-8-12(18)17-13(19)16-10-3-5-11(20-2)6-4-10/h3-7H,8H2,1-2H3,(H2,16,17,18,19). The zero-order valence-electron chi connectivity index (χ0n) is 12.1. The molecule has 3 amide bonds. The number of anilines is 1. The molecule has 0 aliphatic heterocycles. The second-order valence-corrected chi connectivity index (χ2v) is 6.35. The number of amides is 3. The van der Waals surface area contributed by atoms with Crippen LogP contribution in [0.1, 0.15) is 5.69 Å². The van der Waals surface area contributed by atoms with Crippen molar-refractivity contribution in [2.75, 3.05) is 18.2 Å². The maximum Gasteiger partial charge on any atom is 0.325 e. The highest BCUT2D eigenvalue weighted by Gasteiger charge is 2.10. The molecule has 116 valence electrons. The molecular weight excluding hydrogens is 322 g/mol. The number of benzene rings is 1. The quantitative estimate of drug-likeness (QED) is 0.820. The number of nitrogens with zero attached hydrogens (tertiary/aromatic N) is 1. The largest absolute Gasteiger partial charge is 0.497 e. The molecule has 0 spiro atoms. The van der Waals surface area contributed by atoms with E-state index in [4.69, 9.17) is 4.74 Å². The Morgan fingerprint density at radius 2 is 2.05 bits per heavy atom. The number of imide groups is 1. The van der Waals surface area contributed by atoms with Gasteiger partial charge in [0.05, 0.1) is 12.9 Å². The predicted octanol–water partition coefficient (Wildman–Crippen LogP) is 2.90. The molecule has 1 aromatic carbocycles. The highest BCUT2D eigenvalue weighted by Crippen LogP contribution is 2.21. The van der Waals surface area contributed by atoms with E-state index in [0.29, 0.717) is 11.4 Å². The summed E-state index contributed by atoms with van der Waals surface area (Å²) in [4.78, 5) is 27.6. The topological polar surface area (TPSA) is 80.3 Å². The van der Waals surface area contributed by atoms with Crippen molar-refractivity contribution in [2.24, 2.45) is 0 Å². The van der Waals surface area contributed by atoms with Crippen LogP contribution in [0.3, 0.4) is 0 Å². The lowest BCUT2D eigenvalue weighted by molar-refractivity contribution is -0.117. The lowest BCUT2D eigenvalue weighted by Gasteiger charge is -2.07. The fraction of sp³-hybridized carbons (Fsp3) is 0.214. The summed E-state index contributed by atoms with van der Waals surface area (Å²) < 4.78 is 5.83. The maximum atomic E-state index is 11.7. The van der Waals surface area contributed by atoms with Crippen LogP contribution in [0.2, 0.25) is 0 Å². The summed E-state index contributed by atoms with van der Waals surface area (Å²) in [5.41, 5.74) is 1.50. The summed E-state index contributed by atoms with van der Waals surface area (Å²) in [6.07, 6.45) is 0. The monoisotopic (exact) mass is 337 g/mol. The molecule has 0 fully saturated rings. The van der Waals surface area contributed by atoms with Gasteiger partial charge in [-0.05, 0) is 31.2 Å². The zero-order valence-corrected chi connectivity index (χ0v) is 13.7. The van der Waals surface area contributed by atoms with Crippen molar-refractivity contribution in [3.8, 4) is 5.75 Å². The van der Waals surface area contributed by atoms with Crippen LogP contribution < -0.4 is 15.4 Å². The van der Waals surface area contributed by atoms with Gasteiger partial charge in [-0.15, -0.1) is 11.3 Å². The second-order valence-electron chi connectivity index (χ2n) is 4.27. The van der Waals surface area contributed by atoms with Crippen molar-refractivity contribution in [3.05, 3.63) is 35.3 Å². The number of rotatable bonds is 5. The summed E-state index contributed by atoms with van der Waals surface area (Å²) in [6, 6.07) is 6.26. The molecule has 0 aliphatic carbocycles. The Bertz CT molecular complexity index is 656. The molecule has 2 N–H and O–H groups in total. The van der Waals surface area contributed by atoms with E-state index in [9.17, 15) is 9.59 Å². The Labute approximate surface area is 136 Å². The summed E-state index contributed by atoms with van der Waals surface area (Å²) in [5.74, 6) is 0.462. The Morgan fingerprint density at radius 1 is 1.32 bits per heavy atom. The number of hydrogen-bond donors (Lipinski definition) is 2. The van der Waals surface area contributed by atoms with Crippen molar-refractivity contribution >= 4 is 40.7 Å². The third-order valence-electron chi connectivity index (χ3n) is 2.53. The first-order valence-corrected chi connectivity index (χ1v) is 8.23. The van der Waals surface area contributed by atoms with Crippen molar-refractivity contribution in [1.29, 1.82) is 0 Å². The SMILES string of the molecule is COc1ccc(NC(=O)NC(=O)CSc2nc(C)cs2)cc1. The van der Waals surface area contributed by atoms with Crippen molar-refractivity contribution in [3.63, 3.8) is 0 Å². The fourth-order valence-electron chi connectivity index (χ4n) is 1.53. The molecule has 2 aromatic rings. The molecule has 0 unspecified atom stereocenters. The minimum Gasteiger partial charge on any atom is -0.497 e. The average Bonchev–Trinajstić information content (AvgIpc) is 2.91. The first-order valence-electron chi connectivity index (χ1n) is 6.36. The van der Waals surface area contributed by atoms with Crippen LogP contribution >= 0.6 is 23.1 Å². The molecule has 0 atom stereocenters. The number of aromatic nitrogens is 1. The van der Waals surface area contributed by atoms with Gasteiger partial charge in [0.15, 0.2) is 4.34 Å². The first-order chi connectivity index (χ1) is 10.6. The minimum atomic E-state index is -0.564. The smallest absolute Gasteiger partial charge is 0.325 e. The fourth-order valence-corrected chi connectivity index (χ4v) is 3.17. The number of urea groups is 1. The average molecular weight is 337 g/mol. The molecular formula is C14H15N3O3S2. The van der Waals surface area contributed by atoms with E-state index in [1.54, 1.807) is 31.4 Å². The van der Waals surface area contributed by atoms with Crippen molar-refractivity contribution < 1.29 is 14.3 Å². The number of nitrogens with one attached hydrogen (secondary N) is 2. The number of aryl methyl sites for hydroxylation is 1. The number of carbonyl (C=O) groups is 2. The van der Waals surface area contributed by atoms with Crippen LogP contribution in [0.25, 0.3) is 0 Å². The number of thioether (sulfide) groups is 1. The second kappa shape index (κ2) is 7.81. The van der Waals surface area contributed by atoms with Gasteiger partial charge >= 0.3 is 6.03 Å². The third-order valence-corrected chi connectivity index (χ3v) is 4.66. The van der Waals surface area contributed by atoms with Crippen molar-refractivity contribution in [1.82, 2.24) is 10.3 Å². The van der Waals surface area contributed by atoms with Gasteiger partial charge in [-0.25, -0.2) is 9.78 Å². The lowest BCUT2D eigenvalue weighted by atomic mass is 10.3. The van der Waals surface area contributed by atoms with Gasteiger partial charge in [0.2, 0.25) is 5.91 Å². The van der Waals surface area contributed by atoms with Gasteiger partial charge in [-0.2, -0.15) is 0 Å². The van der Waals surface area contributed by atoms with E-state index >= 15 is 0 Å². The van der Waals surface area contributed by atoms with Gasteiger partial charge in [0.25, 0.3) is 0 Å². The Morgan fingerprint density at radius 3 is 2.64 bits per heavy atom. The van der Waals surface area contributed by atoms with Gasteiger partial charge in [-0.1, -0.05) is 11.8 Å². The molecule has 0 bridgehead atoms. The minimum absolute atomic E-state index is 0.142. The van der Waals surface area contributed by atoms with E-state index in [2.05, 4.69) is 15.6 Å². The van der Waals surface area contributed by atoms with Crippen LogP contribution in [0.15, 0.2) is 34.0 Å². The van der Waals surface area contributed by atoms with E-state index in [1.807, 2.05) is 12.3 Å². The zero-order chi connectivity index (χ0) is 15.9. The molecule has 0 aliphatic rings. The number of hydrogen-bond acceptors (Lipinski definition) is 6. The molecule has 0 radical (unpaired) electrons. The summed E-state index contributed by atoms with van der Waals surface area (Å²) in [5, 5.41) is 6.76. The number of ether oxygens (including phenoxy) is 1. The molecule has 0 saturated heterocycles. The first kappa shape index (κ1) is 16.3. The van der Waals surface area contributed by atoms with Crippen LogP contribution in [-0.4, -0.2) is 29.8 Å². The molecule has 1 aromatic heterocycles. The van der Waals surface area contributed by atoms with E-state index < -0.39 is 6.03 Å². The molecule has 2 rings (SSSR count). The highest BCUT2D eigenvalue weighted by atomic mass is 32.2. The number of thiazole rings is 1. The Kier molecular flexibility index (Phi) is 5.79. The van der Waals surface area contributed by atoms with Crippen molar-refractivity contribution in [2.45, 2.75) is 11.3 Å². The van der Waals surface area contributed by atoms with Crippen LogP contribution in [0.4, 0.5) is 10.5 Å². The van der Waals surface area contributed by atoms with Crippen LogP contribution in [-0.2, 0) is 4.79 Å². The summed E-state index contributed by atoms with van der Waals surface area (Å²) in [6.45, 7) is 1.89. The third kappa shape index (κ3) is 5.05. The summed E-state index contributed by atoms with van der Waals surface area (Å²) in [7, 11) is 1.56. The molecule has 8 heteroatoms. The Balaban J connectivity index is 1.76. The number of carbonyl (C=O) groups excluding carboxylic acids is 2. The highest BCUT2D eigenvalue weighted by molar-refractivity contribution is 8.01. The van der Waals surface area contributed by atoms with E-state index in [-0.39, 0.29) is 11.7 Å². The Hall–Kier alpha value is -2.06. The van der Waals surface area contributed by atoms with Crippen LogP contribution in [0.5, 0.6) is 5.75 Å². The van der Waals surface area contributed by atoms with Gasteiger partial charge in [0, 0.05) is 16.8 Å². The van der Waals surface area contributed by atoms with E-state index in [1.165, 1.54) is 23.1 Å². The van der Waals surface area contributed by atoms with Gasteiger partial charge < -0.3 is 10.1 Å². The maximum absolute atomic E-state index is 11.7. The molecule has 6 nitrogen and oxygen atoms in total. The summed E-state index contributed by atoms with van der Waals surface area (Å²) >= 11 is 2.78. The molecule has 22 heavy (non-hydrogen) atoms. The normalized spacial score (nSPS) is 10.1. The van der Waals surface area contributed by atoms with Gasteiger partial charge in [-0.3, -0.25) is 10.1 Å². The molecule has 1 heterocycles. The number of methoxy groups -OCH3 is 1. The lowest BCUT2D eigenvalue weighted by Crippen LogP contribution is -2.35.